The molecule has 0 unspecified atom stereocenters. The van der Waals surface area contributed by atoms with E-state index in [0.29, 0.717) is 17.2 Å². The molecule has 1 aliphatic rings. The average molecular weight is 382 g/mol. The molecule has 5 nitrogen and oxygen atoms in total. The van der Waals surface area contributed by atoms with Crippen molar-refractivity contribution in [2.45, 2.75) is 31.1 Å². The maximum atomic E-state index is 12.7. The lowest BCUT2D eigenvalue weighted by molar-refractivity contribution is 0.0941. The number of carbonyl (C=O) groups excluding carboxylic acids is 1. The predicted octanol–water partition coefficient (Wildman–Crippen LogP) is 3.59. The predicted molar refractivity (Wildman–Crippen MR) is 105 cm³/mol. The van der Waals surface area contributed by atoms with Gasteiger partial charge in [0.05, 0.1) is 0 Å². The quantitative estimate of drug-likeness (QED) is 0.751. The Labute approximate surface area is 162 Å². The number of aromatic nitrogens is 2. The van der Waals surface area contributed by atoms with Crippen LogP contribution in [-0.2, 0) is 5.41 Å². The van der Waals surface area contributed by atoms with Crippen molar-refractivity contribution in [3.63, 3.8) is 0 Å². The van der Waals surface area contributed by atoms with Crippen LogP contribution in [0.5, 0.6) is 0 Å². The van der Waals surface area contributed by atoms with Gasteiger partial charge in [-0.1, -0.05) is 42.6 Å². The van der Waals surface area contributed by atoms with Crippen molar-refractivity contribution >= 4 is 23.2 Å². The standard InChI is InChI=1S/C21H20ClN3O2/c22-16-8-6-15(7-9-16)21(10-2-3-11-21)14-24-19(26)17-13-23-18-5-1-4-12-25(18)20(17)27/h1,4-9,12-13H,2-3,10-11,14H2,(H,24,26). The van der Waals surface area contributed by atoms with Crippen LogP contribution in [0.2, 0.25) is 5.02 Å². The summed E-state index contributed by atoms with van der Waals surface area (Å²) >= 11 is 6.02. The van der Waals surface area contributed by atoms with Crippen molar-refractivity contribution in [1.29, 1.82) is 0 Å². The minimum atomic E-state index is -0.383. The van der Waals surface area contributed by atoms with Gasteiger partial charge in [-0.3, -0.25) is 14.0 Å². The van der Waals surface area contributed by atoms with E-state index in [0.717, 1.165) is 25.7 Å². The average Bonchev–Trinajstić information content (AvgIpc) is 3.17. The first-order chi connectivity index (χ1) is 13.1. The Bertz CT molecular complexity index is 1040. The minimum absolute atomic E-state index is 0.0583. The van der Waals surface area contributed by atoms with Crippen LogP contribution in [0.4, 0.5) is 0 Å². The Morgan fingerprint density at radius 3 is 2.63 bits per heavy atom. The zero-order valence-corrected chi connectivity index (χ0v) is 15.6. The van der Waals surface area contributed by atoms with Crippen LogP contribution in [-0.4, -0.2) is 21.8 Å². The topological polar surface area (TPSA) is 63.5 Å². The molecule has 0 saturated heterocycles. The van der Waals surface area contributed by atoms with Gasteiger partial charge in [0, 0.05) is 29.4 Å². The fraction of sp³-hybridized carbons (Fsp3) is 0.286. The summed E-state index contributed by atoms with van der Waals surface area (Å²) in [6.07, 6.45) is 7.23. The highest BCUT2D eigenvalue weighted by Gasteiger charge is 2.36. The molecular formula is C21H20ClN3O2. The van der Waals surface area contributed by atoms with E-state index in [9.17, 15) is 9.59 Å². The molecule has 0 spiro atoms. The highest BCUT2D eigenvalue weighted by atomic mass is 35.5. The fourth-order valence-corrected chi connectivity index (χ4v) is 4.08. The number of fused-ring (bicyclic) bond motifs is 1. The summed E-state index contributed by atoms with van der Waals surface area (Å²) in [4.78, 5) is 29.5. The van der Waals surface area contributed by atoms with Crippen molar-refractivity contribution in [3.05, 3.63) is 81.4 Å². The van der Waals surface area contributed by atoms with Crippen molar-refractivity contribution in [2.24, 2.45) is 0 Å². The molecule has 0 atom stereocenters. The van der Waals surface area contributed by atoms with E-state index in [2.05, 4.69) is 10.3 Å². The van der Waals surface area contributed by atoms with Gasteiger partial charge in [-0.05, 0) is 42.7 Å². The van der Waals surface area contributed by atoms with Crippen LogP contribution in [0.3, 0.4) is 0 Å². The molecule has 1 N–H and O–H groups in total. The van der Waals surface area contributed by atoms with Gasteiger partial charge in [0.1, 0.15) is 11.2 Å². The largest absolute Gasteiger partial charge is 0.351 e. The number of carbonyl (C=O) groups is 1. The van der Waals surface area contributed by atoms with Crippen molar-refractivity contribution in [2.75, 3.05) is 6.54 Å². The lowest BCUT2D eigenvalue weighted by Gasteiger charge is -2.30. The molecule has 4 rings (SSSR count). The van der Waals surface area contributed by atoms with Gasteiger partial charge in [0.25, 0.3) is 11.5 Å². The van der Waals surface area contributed by atoms with Crippen LogP contribution < -0.4 is 10.9 Å². The summed E-state index contributed by atoms with van der Waals surface area (Å²) in [5.41, 5.74) is 1.29. The number of rotatable bonds is 4. The second-order valence-corrected chi connectivity index (χ2v) is 7.52. The number of amides is 1. The van der Waals surface area contributed by atoms with Crippen LogP contribution in [0.15, 0.2) is 59.7 Å². The highest BCUT2D eigenvalue weighted by Crippen LogP contribution is 2.40. The molecule has 138 valence electrons. The van der Waals surface area contributed by atoms with Gasteiger partial charge in [-0.15, -0.1) is 0 Å². The lowest BCUT2D eigenvalue weighted by Crippen LogP contribution is -2.41. The maximum absolute atomic E-state index is 12.7. The molecule has 1 saturated carbocycles. The summed E-state index contributed by atoms with van der Waals surface area (Å²) in [5, 5.41) is 3.68. The van der Waals surface area contributed by atoms with E-state index >= 15 is 0 Å². The van der Waals surface area contributed by atoms with Crippen LogP contribution >= 0.6 is 11.6 Å². The number of nitrogens with zero attached hydrogens (tertiary/aromatic N) is 2. The molecular weight excluding hydrogens is 362 g/mol. The summed E-state index contributed by atoms with van der Waals surface area (Å²) in [5.74, 6) is -0.383. The number of nitrogens with one attached hydrogen (secondary N) is 1. The Kier molecular flexibility index (Phi) is 4.70. The second kappa shape index (κ2) is 7.16. The molecule has 2 heterocycles. The number of hydrogen-bond acceptors (Lipinski definition) is 3. The van der Waals surface area contributed by atoms with E-state index in [1.54, 1.807) is 24.4 Å². The molecule has 0 radical (unpaired) electrons. The van der Waals surface area contributed by atoms with Gasteiger partial charge in [-0.25, -0.2) is 4.98 Å². The Balaban J connectivity index is 1.58. The maximum Gasteiger partial charge on any atom is 0.270 e. The first-order valence-electron chi connectivity index (χ1n) is 9.10. The number of halogens is 1. The fourth-order valence-electron chi connectivity index (χ4n) is 3.95. The Morgan fingerprint density at radius 1 is 1.15 bits per heavy atom. The molecule has 1 aliphatic carbocycles. The molecule has 1 fully saturated rings. The smallest absolute Gasteiger partial charge is 0.270 e. The summed E-state index contributed by atoms with van der Waals surface area (Å²) in [7, 11) is 0. The van der Waals surface area contributed by atoms with E-state index < -0.39 is 0 Å². The number of pyridine rings is 1. The normalized spacial score (nSPS) is 15.7. The summed E-state index contributed by atoms with van der Waals surface area (Å²) in [6, 6.07) is 13.1. The van der Waals surface area contributed by atoms with Crippen molar-refractivity contribution in [1.82, 2.24) is 14.7 Å². The Hall–Kier alpha value is -2.66. The number of benzene rings is 1. The molecule has 1 aromatic carbocycles. The first kappa shape index (κ1) is 17.7. The summed E-state index contributed by atoms with van der Waals surface area (Å²) in [6.45, 7) is 0.490. The van der Waals surface area contributed by atoms with E-state index in [1.165, 1.54) is 16.2 Å². The minimum Gasteiger partial charge on any atom is -0.351 e. The van der Waals surface area contributed by atoms with E-state index in [-0.39, 0.29) is 22.4 Å². The molecule has 0 bridgehead atoms. The molecule has 2 aromatic heterocycles. The van der Waals surface area contributed by atoms with E-state index in [4.69, 9.17) is 11.6 Å². The third-order valence-electron chi connectivity index (χ3n) is 5.46. The van der Waals surface area contributed by atoms with Gasteiger partial charge >= 0.3 is 0 Å². The van der Waals surface area contributed by atoms with Gasteiger partial charge < -0.3 is 5.32 Å². The van der Waals surface area contributed by atoms with Gasteiger partial charge in [-0.2, -0.15) is 0 Å². The van der Waals surface area contributed by atoms with Crippen LogP contribution in [0.1, 0.15) is 41.6 Å². The molecule has 0 aliphatic heterocycles. The Morgan fingerprint density at radius 2 is 1.89 bits per heavy atom. The monoisotopic (exact) mass is 381 g/mol. The van der Waals surface area contributed by atoms with Crippen LogP contribution in [0, 0.1) is 0 Å². The zero-order valence-electron chi connectivity index (χ0n) is 14.8. The highest BCUT2D eigenvalue weighted by molar-refractivity contribution is 6.30. The second-order valence-electron chi connectivity index (χ2n) is 7.08. The third-order valence-corrected chi connectivity index (χ3v) is 5.71. The van der Waals surface area contributed by atoms with Gasteiger partial charge in [0.15, 0.2) is 0 Å². The van der Waals surface area contributed by atoms with E-state index in [1.807, 2.05) is 24.3 Å². The molecule has 6 heteroatoms. The molecule has 27 heavy (non-hydrogen) atoms. The van der Waals surface area contributed by atoms with Crippen molar-refractivity contribution in [3.8, 4) is 0 Å². The first-order valence-corrected chi connectivity index (χ1v) is 9.48. The van der Waals surface area contributed by atoms with Gasteiger partial charge in [0.2, 0.25) is 0 Å². The van der Waals surface area contributed by atoms with Crippen LogP contribution in [0.25, 0.3) is 5.65 Å². The molecule has 3 aromatic rings. The lowest BCUT2D eigenvalue weighted by atomic mass is 9.79. The summed E-state index contributed by atoms with van der Waals surface area (Å²) < 4.78 is 1.39. The molecule has 1 amide bonds. The van der Waals surface area contributed by atoms with Crippen molar-refractivity contribution < 1.29 is 4.79 Å². The SMILES string of the molecule is O=C(NCC1(c2ccc(Cl)cc2)CCCC1)c1cnc2ccccn2c1=O. The number of hydrogen-bond donors (Lipinski definition) is 1. The third kappa shape index (κ3) is 3.35. The zero-order chi connectivity index (χ0) is 18.9.